The monoisotopic (exact) mass is 239 g/mol. The maximum absolute atomic E-state index is 11.8. The van der Waals surface area contributed by atoms with E-state index in [1.807, 2.05) is 13.8 Å². The van der Waals surface area contributed by atoms with Gasteiger partial charge in [0.1, 0.15) is 6.04 Å². The summed E-state index contributed by atoms with van der Waals surface area (Å²) in [5.41, 5.74) is -0.806. The molecule has 0 bridgehead atoms. The van der Waals surface area contributed by atoms with Crippen LogP contribution in [0.3, 0.4) is 0 Å². The van der Waals surface area contributed by atoms with E-state index in [9.17, 15) is 9.90 Å². The molecular formula is C12H21N3O2. The van der Waals surface area contributed by atoms with Crippen LogP contribution in [0.2, 0.25) is 0 Å². The van der Waals surface area contributed by atoms with Gasteiger partial charge in [0.25, 0.3) is 0 Å². The van der Waals surface area contributed by atoms with Crippen LogP contribution >= 0.6 is 0 Å². The molecule has 1 unspecified atom stereocenters. The highest BCUT2D eigenvalue weighted by Crippen LogP contribution is 2.13. The molecule has 1 heterocycles. The molecule has 1 aromatic rings. The molecule has 1 atom stereocenters. The third-order valence-corrected chi connectivity index (χ3v) is 3.21. The molecule has 96 valence electrons. The normalized spacial score (nSPS) is 13.4. The summed E-state index contributed by atoms with van der Waals surface area (Å²) >= 11 is 0. The van der Waals surface area contributed by atoms with Gasteiger partial charge in [-0.05, 0) is 25.8 Å². The molecule has 0 aromatic carbocycles. The first-order valence-corrected chi connectivity index (χ1v) is 6.01. The third-order valence-electron chi connectivity index (χ3n) is 3.21. The minimum atomic E-state index is -0.806. The van der Waals surface area contributed by atoms with Crippen molar-refractivity contribution in [3.63, 3.8) is 0 Å². The molecule has 0 saturated heterocycles. The summed E-state index contributed by atoms with van der Waals surface area (Å²) in [4.78, 5) is 11.8. The Labute approximate surface area is 102 Å². The summed E-state index contributed by atoms with van der Waals surface area (Å²) in [6.07, 6.45) is 4.63. The Hall–Kier alpha value is -1.36. The number of nitrogens with zero attached hydrogens (tertiary/aromatic N) is 2. The van der Waals surface area contributed by atoms with Crippen LogP contribution in [0.1, 0.15) is 39.7 Å². The van der Waals surface area contributed by atoms with Crippen molar-refractivity contribution >= 4 is 5.91 Å². The molecule has 0 radical (unpaired) electrons. The van der Waals surface area contributed by atoms with E-state index in [1.165, 1.54) is 0 Å². The standard InChI is InChI=1S/C12H21N3O2/c1-4-12(17,5-2)9-13-11(16)10(3)15-8-6-7-14-15/h6-8,10,17H,4-5,9H2,1-3H3,(H,13,16). The Kier molecular flexibility index (Phi) is 4.69. The van der Waals surface area contributed by atoms with Crippen LogP contribution in [0, 0.1) is 0 Å². The molecule has 0 saturated carbocycles. The molecule has 5 heteroatoms. The molecule has 0 fully saturated rings. The van der Waals surface area contributed by atoms with Gasteiger partial charge in [0, 0.05) is 18.9 Å². The lowest BCUT2D eigenvalue weighted by atomic mass is 9.97. The summed E-state index contributed by atoms with van der Waals surface area (Å²) in [5, 5.41) is 16.8. The highest BCUT2D eigenvalue weighted by Gasteiger charge is 2.24. The molecule has 0 aliphatic heterocycles. The van der Waals surface area contributed by atoms with Crippen LogP contribution in [-0.2, 0) is 4.79 Å². The van der Waals surface area contributed by atoms with Crippen LogP contribution in [0.4, 0.5) is 0 Å². The van der Waals surface area contributed by atoms with Crippen molar-refractivity contribution in [2.75, 3.05) is 6.54 Å². The Morgan fingerprint density at radius 2 is 2.18 bits per heavy atom. The Morgan fingerprint density at radius 1 is 1.53 bits per heavy atom. The van der Waals surface area contributed by atoms with Crippen molar-refractivity contribution in [2.45, 2.75) is 45.3 Å². The fraction of sp³-hybridized carbons (Fsp3) is 0.667. The number of hydrogen-bond acceptors (Lipinski definition) is 3. The molecule has 1 amide bonds. The third kappa shape index (κ3) is 3.56. The molecular weight excluding hydrogens is 218 g/mol. The van der Waals surface area contributed by atoms with Crippen LogP contribution in [0.25, 0.3) is 0 Å². The fourth-order valence-electron chi connectivity index (χ4n) is 1.53. The first-order chi connectivity index (χ1) is 8.02. The van der Waals surface area contributed by atoms with Gasteiger partial charge in [0.05, 0.1) is 5.60 Å². The van der Waals surface area contributed by atoms with Gasteiger partial charge >= 0.3 is 0 Å². The lowest BCUT2D eigenvalue weighted by Crippen LogP contribution is -2.44. The van der Waals surface area contributed by atoms with Gasteiger partial charge < -0.3 is 10.4 Å². The first-order valence-electron chi connectivity index (χ1n) is 6.01. The SMILES string of the molecule is CCC(O)(CC)CNC(=O)C(C)n1cccn1. The predicted octanol–water partition coefficient (Wildman–Crippen LogP) is 1.11. The quantitative estimate of drug-likeness (QED) is 0.781. The van der Waals surface area contributed by atoms with E-state index in [2.05, 4.69) is 10.4 Å². The topological polar surface area (TPSA) is 67.2 Å². The van der Waals surface area contributed by atoms with E-state index in [0.29, 0.717) is 12.8 Å². The van der Waals surface area contributed by atoms with Crippen molar-refractivity contribution < 1.29 is 9.90 Å². The van der Waals surface area contributed by atoms with Gasteiger partial charge in [-0.2, -0.15) is 5.10 Å². The average molecular weight is 239 g/mol. The van der Waals surface area contributed by atoms with Gasteiger partial charge in [-0.25, -0.2) is 0 Å². The van der Waals surface area contributed by atoms with E-state index >= 15 is 0 Å². The van der Waals surface area contributed by atoms with Crippen LogP contribution in [0.15, 0.2) is 18.5 Å². The van der Waals surface area contributed by atoms with Crippen molar-refractivity contribution in [1.29, 1.82) is 0 Å². The van der Waals surface area contributed by atoms with Gasteiger partial charge in [-0.15, -0.1) is 0 Å². The van der Waals surface area contributed by atoms with Gasteiger partial charge in [-0.3, -0.25) is 9.48 Å². The predicted molar refractivity (Wildman–Crippen MR) is 65.5 cm³/mol. The van der Waals surface area contributed by atoms with Crippen LogP contribution in [-0.4, -0.2) is 32.9 Å². The zero-order chi connectivity index (χ0) is 12.9. The molecule has 1 aromatic heterocycles. The molecule has 2 N–H and O–H groups in total. The Morgan fingerprint density at radius 3 is 2.65 bits per heavy atom. The van der Waals surface area contributed by atoms with Crippen molar-refractivity contribution in [3.05, 3.63) is 18.5 Å². The van der Waals surface area contributed by atoms with Gasteiger partial charge in [-0.1, -0.05) is 13.8 Å². The zero-order valence-electron chi connectivity index (χ0n) is 10.7. The maximum Gasteiger partial charge on any atom is 0.244 e. The number of carbonyl (C=O) groups is 1. The number of carbonyl (C=O) groups excluding carboxylic acids is 1. The first kappa shape index (κ1) is 13.7. The molecule has 0 spiro atoms. The second kappa shape index (κ2) is 5.82. The lowest BCUT2D eigenvalue weighted by Gasteiger charge is -2.26. The van der Waals surface area contributed by atoms with Crippen molar-refractivity contribution in [2.24, 2.45) is 0 Å². The number of nitrogens with one attached hydrogen (secondary N) is 1. The fourth-order valence-corrected chi connectivity index (χ4v) is 1.53. The number of aromatic nitrogens is 2. The number of rotatable bonds is 6. The van der Waals surface area contributed by atoms with Gasteiger partial charge in [0.15, 0.2) is 0 Å². The van der Waals surface area contributed by atoms with Crippen molar-refractivity contribution in [3.8, 4) is 0 Å². The second-order valence-electron chi connectivity index (χ2n) is 4.31. The molecule has 1 rings (SSSR count). The van der Waals surface area contributed by atoms with E-state index in [1.54, 1.807) is 30.1 Å². The van der Waals surface area contributed by atoms with Crippen LogP contribution in [0.5, 0.6) is 0 Å². The molecule has 0 aliphatic rings. The summed E-state index contributed by atoms with van der Waals surface area (Å²) < 4.78 is 1.59. The van der Waals surface area contributed by atoms with Crippen LogP contribution < -0.4 is 5.32 Å². The number of aliphatic hydroxyl groups is 1. The molecule has 5 nitrogen and oxygen atoms in total. The summed E-state index contributed by atoms with van der Waals surface area (Å²) in [7, 11) is 0. The minimum Gasteiger partial charge on any atom is -0.388 e. The lowest BCUT2D eigenvalue weighted by molar-refractivity contribution is -0.125. The smallest absolute Gasteiger partial charge is 0.244 e. The molecule has 0 aliphatic carbocycles. The van der Waals surface area contributed by atoms with E-state index in [0.717, 1.165) is 0 Å². The Balaban J connectivity index is 2.50. The maximum atomic E-state index is 11.8. The van der Waals surface area contributed by atoms with E-state index in [4.69, 9.17) is 0 Å². The number of amides is 1. The average Bonchev–Trinajstić information content (AvgIpc) is 2.88. The second-order valence-corrected chi connectivity index (χ2v) is 4.31. The summed E-state index contributed by atoms with van der Waals surface area (Å²) in [6.45, 7) is 5.88. The van der Waals surface area contributed by atoms with E-state index in [-0.39, 0.29) is 18.5 Å². The Bertz CT molecular complexity index is 345. The van der Waals surface area contributed by atoms with Gasteiger partial charge in [0.2, 0.25) is 5.91 Å². The zero-order valence-corrected chi connectivity index (χ0v) is 10.7. The highest BCUT2D eigenvalue weighted by molar-refractivity contribution is 5.79. The highest BCUT2D eigenvalue weighted by atomic mass is 16.3. The minimum absolute atomic E-state index is 0.131. The molecule has 17 heavy (non-hydrogen) atoms. The summed E-state index contributed by atoms with van der Waals surface area (Å²) in [5.74, 6) is -0.131. The van der Waals surface area contributed by atoms with E-state index < -0.39 is 5.60 Å². The van der Waals surface area contributed by atoms with Crippen molar-refractivity contribution in [1.82, 2.24) is 15.1 Å². The largest absolute Gasteiger partial charge is 0.388 e. The summed E-state index contributed by atoms with van der Waals surface area (Å²) in [6, 6.07) is 1.42. The number of hydrogen-bond donors (Lipinski definition) is 2.